The van der Waals surface area contributed by atoms with Gasteiger partial charge in [0.25, 0.3) is 5.56 Å². The largest absolute Gasteiger partial charge is 0.366 e. The molecule has 0 saturated heterocycles. The summed E-state index contributed by atoms with van der Waals surface area (Å²) in [6.07, 6.45) is 0. The second-order valence-corrected chi connectivity index (χ2v) is 8.51. The Balaban J connectivity index is 1.56. The van der Waals surface area contributed by atoms with Gasteiger partial charge in [-0.1, -0.05) is 53.7 Å². The van der Waals surface area contributed by atoms with Gasteiger partial charge in [0.2, 0.25) is 11.8 Å². The van der Waals surface area contributed by atoms with Crippen LogP contribution in [0.25, 0.3) is 10.9 Å². The van der Waals surface area contributed by atoms with E-state index in [1.165, 1.54) is 11.8 Å². The Kier molecular flexibility index (Phi) is 6.55. The molecule has 0 saturated carbocycles. The molecule has 0 spiro atoms. The summed E-state index contributed by atoms with van der Waals surface area (Å²) in [4.78, 5) is 41.6. The van der Waals surface area contributed by atoms with Crippen molar-refractivity contribution in [1.82, 2.24) is 9.55 Å². The molecule has 0 aliphatic rings. The molecule has 0 aliphatic heterocycles. The molecule has 4 rings (SSSR count). The summed E-state index contributed by atoms with van der Waals surface area (Å²) < 4.78 is 1.60. The number of thioether (sulfide) groups is 1. The maximum absolute atomic E-state index is 13.2. The molecule has 8 heteroatoms. The minimum absolute atomic E-state index is 0.0657. The first kappa shape index (κ1) is 22.3. The third-order valence-corrected chi connectivity index (χ3v) is 6.05. The number of fused-ring (bicyclic) bond motifs is 1. The summed E-state index contributed by atoms with van der Waals surface area (Å²) in [5.41, 5.74) is 8.71. The number of amides is 2. The van der Waals surface area contributed by atoms with Crippen LogP contribution in [-0.2, 0) is 11.3 Å². The zero-order chi connectivity index (χ0) is 23.4. The SMILES string of the molecule is Cc1ccc(Cn2c(SCC(=O)Nc3ccc(C(N)=O)cc3)nc3ccccc3c2=O)cc1. The summed E-state index contributed by atoms with van der Waals surface area (Å²) in [7, 11) is 0. The number of nitrogens with two attached hydrogens (primary N) is 1. The number of primary amides is 1. The third-order valence-electron chi connectivity index (χ3n) is 5.07. The van der Waals surface area contributed by atoms with Crippen molar-refractivity contribution >= 4 is 40.2 Å². The van der Waals surface area contributed by atoms with Gasteiger partial charge in [-0.25, -0.2) is 4.98 Å². The van der Waals surface area contributed by atoms with Crippen molar-refractivity contribution < 1.29 is 9.59 Å². The smallest absolute Gasteiger partial charge is 0.262 e. The Morgan fingerprint density at radius 1 is 1.00 bits per heavy atom. The van der Waals surface area contributed by atoms with Gasteiger partial charge < -0.3 is 11.1 Å². The van der Waals surface area contributed by atoms with Crippen molar-refractivity contribution in [2.24, 2.45) is 5.73 Å². The highest BCUT2D eigenvalue weighted by molar-refractivity contribution is 7.99. The number of nitrogens with zero attached hydrogens (tertiary/aromatic N) is 2. The Morgan fingerprint density at radius 3 is 2.39 bits per heavy atom. The summed E-state index contributed by atoms with van der Waals surface area (Å²) in [5, 5.41) is 3.78. The van der Waals surface area contributed by atoms with Crippen LogP contribution in [0.5, 0.6) is 0 Å². The number of para-hydroxylation sites is 1. The van der Waals surface area contributed by atoms with Gasteiger partial charge in [-0.05, 0) is 48.9 Å². The fourth-order valence-electron chi connectivity index (χ4n) is 3.32. The normalized spacial score (nSPS) is 10.8. The van der Waals surface area contributed by atoms with Gasteiger partial charge in [-0.3, -0.25) is 19.0 Å². The number of hydrogen-bond acceptors (Lipinski definition) is 5. The Hall–Kier alpha value is -3.91. The highest BCUT2D eigenvalue weighted by Crippen LogP contribution is 2.20. The molecule has 1 heterocycles. The van der Waals surface area contributed by atoms with Crippen LogP contribution in [0.3, 0.4) is 0 Å². The lowest BCUT2D eigenvalue weighted by atomic mass is 10.1. The fourth-order valence-corrected chi connectivity index (χ4v) is 4.12. The van der Waals surface area contributed by atoms with Gasteiger partial charge in [-0.15, -0.1) is 0 Å². The molecule has 7 nitrogen and oxygen atoms in total. The van der Waals surface area contributed by atoms with Gasteiger partial charge in [0, 0.05) is 11.3 Å². The topological polar surface area (TPSA) is 107 Å². The van der Waals surface area contributed by atoms with Crippen LogP contribution in [0, 0.1) is 6.92 Å². The number of carbonyl (C=O) groups is 2. The fraction of sp³-hybridized carbons (Fsp3) is 0.120. The molecule has 0 aliphatic carbocycles. The predicted octanol–water partition coefficient (Wildman–Crippen LogP) is 3.58. The van der Waals surface area contributed by atoms with Crippen LogP contribution in [0.4, 0.5) is 5.69 Å². The number of carbonyl (C=O) groups excluding carboxylic acids is 2. The van der Waals surface area contributed by atoms with Crippen LogP contribution in [0.1, 0.15) is 21.5 Å². The van der Waals surface area contributed by atoms with Gasteiger partial charge in [0.1, 0.15) is 0 Å². The maximum atomic E-state index is 13.2. The van der Waals surface area contributed by atoms with Gasteiger partial charge in [-0.2, -0.15) is 0 Å². The van der Waals surface area contributed by atoms with E-state index in [2.05, 4.69) is 10.3 Å². The van der Waals surface area contributed by atoms with Gasteiger partial charge >= 0.3 is 0 Å². The molecule has 3 aromatic carbocycles. The minimum atomic E-state index is -0.530. The molecule has 0 unspecified atom stereocenters. The van der Waals surface area contributed by atoms with Crippen molar-refractivity contribution in [3.05, 3.63) is 99.8 Å². The second kappa shape index (κ2) is 9.70. The van der Waals surface area contributed by atoms with Crippen molar-refractivity contribution in [3.63, 3.8) is 0 Å². The molecular formula is C25H22N4O3S. The number of nitrogens with one attached hydrogen (secondary N) is 1. The molecule has 1 aromatic heterocycles. The highest BCUT2D eigenvalue weighted by Gasteiger charge is 2.14. The van der Waals surface area contributed by atoms with Gasteiger partial charge in [0.15, 0.2) is 5.16 Å². The van der Waals surface area contributed by atoms with E-state index in [0.717, 1.165) is 11.1 Å². The highest BCUT2D eigenvalue weighted by atomic mass is 32.2. The zero-order valence-corrected chi connectivity index (χ0v) is 18.8. The molecule has 0 bridgehead atoms. The van der Waals surface area contributed by atoms with Crippen LogP contribution in [0.2, 0.25) is 0 Å². The number of rotatable bonds is 7. The summed E-state index contributed by atoms with van der Waals surface area (Å²) in [5.74, 6) is -0.718. The lowest BCUT2D eigenvalue weighted by Gasteiger charge is -2.13. The van der Waals surface area contributed by atoms with E-state index >= 15 is 0 Å². The Labute approximate surface area is 194 Å². The van der Waals surface area contributed by atoms with Crippen LogP contribution in [0.15, 0.2) is 82.7 Å². The van der Waals surface area contributed by atoms with E-state index in [4.69, 9.17) is 5.73 Å². The summed E-state index contributed by atoms with van der Waals surface area (Å²) >= 11 is 1.20. The Morgan fingerprint density at radius 2 is 1.70 bits per heavy atom. The van der Waals surface area contributed by atoms with Crippen LogP contribution >= 0.6 is 11.8 Å². The molecule has 166 valence electrons. The Bertz CT molecular complexity index is 1380. The van der Waals surface area contributed by atoms with Crippen LogP contribution in [-0.4, -0.2) is 27.1 Å². The monoisotopic (exact) mass is 458 g/mol. The average molecular weight is 459 g/mol. The van der Waals surface area contributed by atoms with Crippen molar-refractivity contribution in [3.8, 4) is 0 Å². The lowest BCUT2D eigenvalue weighted by Crippen LogP contribution is -2.25. The predicted molar refractivity (Wildman–Crippen MR) is 131 cm³/mol. The molecule has 3 N–H and O–H groups in total. The van der Waals surface area contributed by atoms with E-state index in [9.17, 15) is 14.4 Å². The first-order chi connectivity index (χ1) is 15.9. The standard InChI is InChI=1S/C25H22N4O3S/c1-16-6-8-17(9-7-16)14-29-24(32)20-4-2-3-5-21(20)28-25(29)33-15-22(30)27-19-12-10-18(11-13-19)23(26)31/h2-13H,14-15H2,1H3,(H2,26,31)(H,27,30). The van der Waals surface area contributed by atoms with Crippen molar-refractivity contribution in [2.75, 3.05) is 11.1 Å². The number of hydrogen-bond donors (Lipinski definition) is 2. The van der Waals surface area contributed by atoms with E-state index in [1.54, 1.807) is 41.0 Å². The first-order valence-corrected chi connectivity index (χ1v) is 11.3. The first-order valence-electron chi connectivity index (χ1n) is 10.3. The molecule has 4 aromatic rings. The molecule has 0 atom stereocenters. The number of benzene rings is 3. The maximum Gasteiger partial charge on any atom is 0.262 e. The molecular weight excluding hydrogens is 436 g/mol. The third kappa shape index (κ3) is 5.30. The van der Waals surface area contributed by atoms with Crippen LogP contribution < -0.4 is 16.6 Å². The average Bonchev–Trinajstić information content (AvgIpc) is 2.81. The minimum Gasteiger partial charge on any atom is -0.366 e. The zero-order valence-electron chi connectivity index (χ0n) is 17.9. The van der Waals surface area contributed by atoms with Gasteiger partial charge in [0.05, 0.1) is 23.2 Å². The lowest BCUT2D eigenvalue weighted by molar-refractivity contribution is -0.113. The second-order valence-electron chi connectivity index (χ2n) is 7.57. The molecule has 2 amide bonds. The quantitative estimate of drug-likeness (QED) is 0.325. The number of anilines is 1. The molecule has 0 radical (unpaired) electrons. The summed E-state index contributed by atoms with van der Waals surface area (Å²) in [6, 6.07) is 21.5. The van der Waals surface area contributed by atoms with Crippen molar-refractivity contribution in [1.29, 1.82) is 0 Å². The van der Waals surface area contributed by atoms with E-state index in [-0.39, 0.29) is 17.2 Å². The van der Waals surface area contributed by atoms with E-state index in [0.29, 0.717) is 33.9 Å². The van der Waals surface area contributed by atoms with Crippen molar-refractivity contribution in [2.45, 2.75) is 18.6 Å². The van der Waals surface area contributed by atoms with E-state index < -0.39 is 5.91 Å². The molecule has 33 heavy (non-hydrogen) atoms. The molecule has 0 fully saturated rings. The number of aryl methyl sites for hydroxylation is 1. The van der Waals surface area contributed by atoms with E-state index in [1.807, 2.05) is 43.3 Å². The summed E-state index contributed by atoms with van der Waals surface area (Å²) in [6.45, 7) is 2.37. The number of aromatic nitrogens is 2.